The minimum atomic E-state index is -4.56. The first-order valence-corrected chi connectivity index (χ1v) is 22.7. The molecule has 0 aromatic carbocycles. The summed E-state index contributed by atoms with van der Waals surface area (Å²) in [6.45, 7) is 5.46. The number of aliphatic hydroxyl groups is 1. The lowest BCUT2D eigenvalue weighted by molar-refractivity contribution is -0.870. The Labute approximate surface area is 307 Å². The number of amides is 1. The van der Waals surface area contributed by atoms with Gasteiger partial charge >= 0.3 is 7.82 Å². The quantitative estimate of drug-likeness (QED) is 0.0217. The number of phosphoric acid groups is 1. The molecule has 9 nitrogen and oxygen atoms in total. The van der Waals surface area contributed by atoms with Crippen molar-refractivity contribution < 1.29 is 38.0 Å². The largest absolute Gasteiger partial charge is 0.469 e. The Morgan fingerprint density at radius 3 is 1.47 bits per heavy atom. The van der Waals surface area contributed by atoms with Gasteiger partial charge in [0.1, 0.15) is 13.3 Å². The number of thioether (sulfide) groups is 1. The fraction of sp³-hybridized carbons (Fsp3) is 0.974. The molecule has 0 spiro atoms. The standard InChI is InChI=1S/C33H68NO6PS.C5H14NO/c1-3-5-7-9-11-13-15-16-17-18-20-22-24-26-28-42-30-32(29-40-41(36,37)38)39-31-34-33(35)27-25-23-21-19-14-12-10-8-6-4-2;1-6(2,3)4-5-7/h32H,3-31H2,1-2H3,(H,34,35)(H2,36,37,38);7H,4-5H2,1-3H3/q;+1. The van der Waals surface area contributed by atoms with Crippen LogP contribution >= 0.6 is 19.6 Å². The number of quaternary nitrogens is 1. The summed E-state index contributed by atoms with van der Waals surface area (Å²) in [4.78, 5) is 30.3. The average molecular weight is 742 g/mol. The maximum atomic E-state index is 12.1. The maximum Gasteiger partial charge on any atom is 0.469 e. The average Bonchev–Trinajstić information content (AvgIpc) is 3.03. The molecule has 296 valence electrons. The molecule has 1 amide bonds. The predicted molar refractivity (Wildman–Crippen MR) is 210 cm³/mol. The molecule has 4 N–H and O–H groups in total. The van der Waals surface area contributed by atoms with Crippen LogP contribution in [-0.4, -0.2) is 90.5 Å². The number of rotatable bonds is 36. The molecule has 0 aliphatic heterocycles. The number of aliphatic hydroxyl groups excluding tert-OH is 1. The Bertz CT molecular complexity index is 737. The number of ether oxygens (including phenoxy) is 1. The lowest BCUT2D eigenvalue weighted by Gasteiger charge is -2.21. The number of carbonyl (C=O) groups excluding carboxylic acids is 1. The van der Waals surface area contributed by atoms with Gasteiger partial charge in [0.2, 0.25) is 5.91 Å². The van der Waals surface area contributed by atoms with Crippen molar-refractivity contribution in [1.82, 2.24) is 5.32 Å². The monoisotopic (exact) mass is 742 g/mol. The van der Waals surface area contributed by atoms with E-state index < -0.39 is 13.9 Å². The van der Waals surface area contributed by atoms with Gasteiger partial charge < -0.3 is 29.4 Å². The summed E-state index contributed by atoms with van der Waals surface area (Å²) in [5.74, 6) is 1.52. The number of phosphoric ester groups is 1. The third-order valence-electron chi connectivity index (χ3n) is 8.49. The van der Waals surface area contributed by atoms with Crippen molar-refractivity contribution >= 4 is 25.5 Å². The fourth-order valence-electron chi connectivity index (χ4n) is 5.34. The molecule has 0 saturated carbocycles. The van der Waals surface area contributed by atoms with Crippen LogP contribution in [0.4, 0.5) is 0 Å². The zero-order chi connectivity index (χ0) is 36.9. The fourth-order valence-corrected chi connectivity index (χ4v) is 6.73. The molecular weight excluding hydrogens is 659 g/mol. The number of hydrogen-bond donors (Lipinski definition) is 4. The highest BCUT2D eigenvalue weighted by Gasteiger charge is 2.19. The van der Waals surface area contributed by atoms with Gasteiger partial charge in [-0.2, -0.15) is 11.8 Å². The molecule has 0 radical (unpaired) electrons. The van der Waals surface area contributed by atoms with Crippen LogP contribution in [-0.2, 0) is 18.6 Å². The van der Waals surface area contributed by atoms with Gasteiger partial charge in [0.15, 0.2) is 0 Å². The van der Waals surface area contributed by atoms with E-state index in [2.05, 4.69) is 44.8 Å². The van der Waals surface area contributed by atoms with Gasteiger partial charge in [-0.05, 0) is 18.6 Å². The molecule has 0 aromatic rings. The van der Waals surface area contributed by atoms with Crippen molar-refractivity contribution in [2.45, 2.75) is 180 Å². The second-order valence-corrected chi connectivity index (χ2v) is 17.0. The molecule has 1 unspecified atom stereocenters. The van der Waals surface area contributed by atoms with E-state index in [1.54, 1.807) is 11.8 Å². The lowest BCUT2D eigenvalue weighted by Crippen LogP contribution is -2.36. The summed E-state index contributed by atoms with van der Waals surface area (Å²) in [5.41, 5.74) is 0. The number of unbranched alkanes of at least 4 members (excludes halogenated alkanes) is 22. The first-order valence-electron chi connectivity index (χ1n) is 20.0. The molecule has 0 fully saturated rings. The normalized spacial score (nSPS) is 12.5. The van der Waals surface area contributed by atoms with Crippen LogP contribution in [0.25, 0.3) is 0 Å². The molecule has 0 rings (SSSR count). The van der Waals surface area contributed by atoms with Crippen LogP contribution in [0.2, 0.25) is 0 Å². The number of carbonyl (C=O) groups is 1. The summed E-state index contributed by atoms with van der Waals surface area (Å²) in [6, 6.07) is 0. The van der Waals surface area contributed by atoms with E-state index in [1.165, 1.54) is 135 Å². The van der Waals surface area contributed by atoms with Crippen LogP contribution in [0.15, 0.2) is 0 Å². The van der Waals surface area contributed by atoms with Gasteiger partial charge in [-0.3, -0.25) is 9.32 Å². The van der Waals surface area contributed by atoms with Crippen molar-refractivity contribution in [3.05, 3.63) is 0 Å². The van der Waals surface area contributed by atoms with Crippen LogP contribution < -0.4 is 5.32 Å². The summed E-state index contributed by atoms with van der Waals surface area (Å²) in [7, 11) is 1.60. The Balaban J connectivity index is 0. The Morgan fingerprint density at radius 1 is 0.694 bits per heavy atom. The summed E-state index contributed by atoms with van der Waals surface area (Å²) >= 11 is 1.71. The summed E-state index contributed by atoms with van der Waals surface area (Å²) in [6.07, 6.45) is 31.0. The molecule has 1 atom stereocenters. The van der Waals surface area contributed by atoms with Crippen molar-refractivity contribution in [3.8, 4) is 0 Å². The number of nitrogens with zero attached hydrogens (tertiary/aromatic N) is 1. The van der Waals surface area contributed by atoms with Gasteiger partial charge in [0.25, 0.3) is 0 Å². The van der Waals surface area contributed by atoms with Crippen LogP contribution in [0.5, 0.6) is 0 Å². The van der Waals surface area contributed by atoms with Crippen LogP contribution in [0.1, 0.15) is 174 Å². The number of nitrogens with one attached hydrogen (secondary N) is 1. The van der Waals surface area contributed by atoms with E-state index in [0.29, 0.717) is 12.2 Å². The Hall–Kier alpha value is -0.190. The SMILES string of the molecule is CCCCCCCCCCCCCCCCSCC(COP(=O)(O)O)OCNC(=O)CCCCCCCCCCCC.C[N+](C)(C)CCO. The molecule has 0 saturated heterocycles. The van der Waals surface area contributed by atoms with E-state index in [-0.39, 0.29) is 25.9 Å². The second kappa shape index (κ2) is 37.6. The highest BCUT2D eigenvalue weighted by atomic mass is 32.2. The molecule has 0 aromatic heterocycles. The molecule has 0 aliphatic carbocycles. The second-order valence-electron chi connectivity index (χ2n) is 14.7. The third kappa shape index (κ3) is 47.8. The Kier molecular flexibility index (Phi) is 39.0. The zero-order valence-electron chi connectivity index (χ0n) is 32.8. The first kappa shape index (κ1) is 50.9. The first-order chi connectivity index (χ1) is 23.4. The smallest absolute Gasteiger partial charge is 0.391 e. The molecule has 0 heterocycles. The highest BCUT2D eigenvalue weighted by Crippen LogP contribution is 2.36. The minimum absolute atomic E-state index is 0.0329. The van der Waals surface area contributed by atoms with Gasteiger partial charge in [0.05, 0.1) is 40.5 Å². The molecule has 49 heavy (non-hydrogen) atoms. The van der Waals surface area contributed by atoms with Crippen LogP contribution in [0.3, 0.4) is 0 Å². The van der Waals surface area contributed by atoms with Gasteiger partial charge in [0, 0.05) is 12.2 Å². The summed E-state index contributed by atoms with van der Waals surface area (Å²) < 4.78 is 22.4. The zero-order valence-corrected chi connectivity index (χ0v) is 34.5. The van der Waals surface area contributed by atoms with Gasteiger partial charge in [-0.25, -0.2) is 4.57 Å². The Morgan fingerprint density at radius 2 is 1.10 bits per heavy atom. The molecule has 11 heteroatoms. The van der Waals surface area contributed by atoms with Crippen molar-refractivity contribution in [3.63, 3.8) is 0 Å². The minimum Gasteiger partial charge on any atom is -0.391 e. The van der Waals surface area contributed by atoms with Gasteiger partial charge in [-0.1, -0.05) is 155 Å². The topological polar surface area (TPSA) is 125 Å². The van der Waals surface area contributed by atoms with Gasteiger partial charge in [-0.15, -0.1) is 0 Å². The van der Waals surface area contributed by atoms with Crippen molar-refractivity contribution in [2.24, 2.45) is 0 Å². The van der Waals surface area contributed by atoms with Crippen molar-refractivity contribution in [2.75, 3.05) is 59.1 Å². The van der Waals surface area contributed by atoms with E-state index in [9.17, 15) is 9.36 Å². The highest BCUT2D eigenvalue weighted by molar-refractivity contribution is 7.99. The molecular formula is C38H82N2O7PS+. The van der Waals surface area contributed by atoms with Crippen LogP contribution in [0, 0.1) is 0 Å². The predicted octanol–water partition coefficient (Wildman–Crippen LogP) is 9.77. The number of likely N-dealkylation sites (N-methyl/N-ethyl adjacent to an activating group) is 1. The number of hydrogen-bond acceptors (Lipinski definition) is 6. The molecule has 0 aliphatic rings. The maximum absolute atomic E-state index is 12.1. The van der Waals surface area contributed by atoms with E-state index in [4.69, 9.17) is 19.6 Å². The molecule has 0 bridgehead atoms. The van der Waals surface area contributed by atoms with E-state index in [1.807, 2.05) is 0 Å². The van der Waals surface area contributed by atoms with Crippen molar-refractivity contribution in [1.29, 1.82) is 0 Å². The lowest BCUT2D eigenvalue weighted by atomic mass is 10.0. The summed E-state index contributed by atoms with van der Waals surface area (Å²) in [5, 5.41) is 11.2. The van der Waals surface area contributed by atoms with E-state index >= 15 is 0 Å². The third-order valence-corrected chi connectivity index (χ3v) is 10.2. The van der Waals surface area contributed by atoms with E-state index in [0.717, 1.165) is 36.0 Å².